The fourth-order valence-electron chi connectivity index (χ4n) is 2.31. The van der Waals surface area contributed by atoms with Gasteiger partial charge in [-0.2, -0.15) is 0 Å². The number of amidine groups is 1. The highest BCUT2D eigenvalue weighted by Crippen LogP contribution is 2.31. The van der Waals surface area contributed by atoms with Gasteiger partial charge in [-0.15, -0.1) is 11.8 Å². The van der Waals surface area contributed by atoms with E-state index in [2.05, 4.69) is 33.8 Å². The van der Waals surface area contributed by atoms with Gasteiger partial charge in [0.1, 0.15) is 23.4 Å². The van der Waals surface area contributed by atoms with E-state index in [0.717, 1.165) is 17.2 Å². The molecule has 106 valence electrons. The van der Waals surface area contributed by atoms with Crippen molar-refractivity contribution in [3.63, 3.8) is 0 Å². The fraction of sp³-hybridized carbons (Fsp3) is 0.615. The van der Waals surface area contributed by atoms with Gasteiger partial charge in [0.15, 0.2) is 5.84 Å². The summed E-state index contributed by atoms with van der Waals surface area (Å²) in [6.45, 7) is 4.46. The van der Waals surface area contributed by atoms with Gasteiger partial charge in [0, 0.05) is 5.75 Å². The minimum absolute atomic E-state index is 0.332. The van der Waals surface area contributed by atoms with Crippen molar-refractivity contribution in [1.82, 2.24) is 0 Å². The Balaban J connectivity index is 1.78. The van der Waals surface area contributed by atoms with Crippen molar-refractivity contribution >= 4 is 41.0 Å². The molecule has 0 aromatic rings. The molecule has 0 saturated carbocycles. The average molecular weight is 290 g/mol. The highest BCUT2D eigenvalue weighted by atomic mass is 32.2. The van der Waals surface area contributed by atoms with Crippen LogP contribution in [0.3, 0.4) is 0 Å². The second-order valence-electron chi connectivity index (χ2n) is 5.56. The molecule has 0 radical (unpaired) electrons. The summed E-state index contributed by atoms with van der Waals surface area (Å²) in [4.78, 5) is 21.5. The SMILES string of the molecule is CC(C)CCC1CSC(C2(N)N=CN=C3N=CN=C32)=N1. The van der Waals surface area contributed by atoms with E-state index in [9.17, 15) is 0 Å². The molecule has 3 rings (SSSR count). The van der Waals surface area contributed by atoms with Gasteiger partial charge in [-0.05, 0) is 18.8 Å². The van der Waals surface area contributed by atoms with E-state index < -0.39 is 5.66 Å². The molecule has 2 N–H and O–H groups in total. The highest BCUT2D eigenvalue weighted by Gasteiger charge is 2.44. The van der Waals surface area contributed by atoms with E-state index in [1.807, 2.05) is 0 Å². The zero-order chi connectivity index (χ0) is 14.2. The van der Waals surface area contributed by atoms with E-state index in [1.54, 1.807) is 11.8 Å². The molecule has 3 aliphatic rings. The second kappa shape index (κ2) is 5.21. The molecule has 0 aromatic carbocycles. The molecule has 0 fully saturated rings. The number of thioether (sulfide) groups is 1. The number of hydrogen-bond acceptors (Lipinski definition) is 7. The third kappa shape index (κ3) is 2.35. The largest absolute Gasteiger partial charge is 0.296 e. The van der Waals surface area contributed by atoms with Crippen LogP contribution in [0, 0.1) is 5.92 Å². The van der Waals surface area contributed by atoms with Gasteiger partial charge in [0.25, 0.3) is 0 Å². The summed E-state index contributed by atoms with van der Waals surface area (Å²) in [5.74, 6) is 2.22. The third-order valence-corrected chi connectivity index (χ3v) is 4.74. The number of aliphatic imine (C=N–C) groups is 5. The Hall–Kier alpha value is -1.34. The molecule has 0 spiro atoms. The number of nitrogens with zero attached hydrogens (tertiary/aromatic N) is 5. The topological polar surface area (TPSA) is 87.8 Å². The summed E-state index contributed by atoms with van der Waals surface area (Å²) >= 11 is 1.68. The number of fused-ring (bicyclic) bond motifs is 1. The van der Waals surface area contributed by atoms with Crippen LogP contribution >= 0.6 is 11.8 Å². The van der Waals surface area contributed by atoms with Crippen LogP contribution in [0.15, 0.2) is 25.0 Å². The molecule has 0 aromatic heterocycles. The molecule has 2 atom stereocenters. The minimum atomic E-state index is -0.995. The van der Waals surface area contributed by atoms with Gasteiger partial charge in [-0.25, -0.2) is 20.0 Å². The summed E-state index contributed by atoms with van der Waals surface area (Å²) in [6.07, 6.45) is 5.21. The first-order valence-corrected chi connectivity index (χ1v) is 7.81. The van der Waals surface area contributed by atoms with Gasteiger partial charge in [0.2, 0.25) is 5.66 Å². The van der Waals surface area contributed by atoms with Gasteiger partial charge < -0.3 is 0 Å². The molecule has 0 saturated heterocycles. The molecule has 0 aliphatic carbocycles. The summed E-state index contributed by atoms with van der Waals surface area (Å²) in [5.41, 5.74) is 6.04. The molecule has 3 heterocycles. The molecule has 3 aliphatic heterocycles. The molecule has 2 unspecified atom stereocenters. The Morgan fingerprint density at radius 3 is 3.05 bits per heavy atom. The van der Waals surface area contributed by atoms with Gasteiger partial charge >= 0.3 is 0 Å². The molecule has 6 nitrogen and oxygen atoms in total. The lowest BCUT2D eigenvalue weighted by Crippen LogP contribution is -2.55. The standard InChI is InChI=1S/C13H18N6S/c1-8(2)3-4-9-5-20-12(19-9)13(14)10-11(16-6-15-10)17-7-18-13/h6-9H,3-5,14H2,1-2H3. The molecule has 7 heteroatoms. The van der Waals surface area contributed by atoms with E-state index in [0.29, 0.717) is 23.5 Å². The van der Waals surface area contributed by atoms with Crippen LogP contribution in [-0.4, -0.2) is 46.7 Å². The first-order valence-electron chi connectivity index (χ1n) is 6.82. The third-order valence-electron chi connectivity index (χ3n) is 3.50. The highest BCUT2D eigenvalue weighted by molar-refractivity contribution is 8.14. The van der Waals surface area contributed by atoms with Crippen molar-refractivity contribution in [2.24, 2.45) is 36.6 Å². The lowest BCUT2D eigenvalue weighted by atomic mass is 10.0. The van der Waals surface area contributed by atoms with E-state index >= 15 is 0 Å². The molecular formula is C13H18N6S. The summed E-state index contributed by atoms with van der Waals surface area (Å²) in [5, 5.41) is 0.833. The Labute approximate surface area is 122 Å². The molecular weight excluding hydrogens is 272 g/mol. The number of rotatable bonds is 4. The first kappa shape index (κ1) is 13.6. The number of hydrogen-bond donors (Lipinski definition) is 1. The minimum Gasteiger partial charge on any atom is -0.296 e. The van der Waals surface area contributed by atoms with E-state index in [4.69, 9.17) is 10.7 Å². The van der Waals surface area contributed by atoms with Crippen molar-refractivity contribution in [3.05, 3.63) is 0 Å². The van der Waals surface area contributed by atoms with E-state index in [-0.39, 0.29) is 0 Å². The average Bonchev–Trinajstić information content (AvgIpc) is 3.06. The van der Waals surface area contributed by atoms with Crippen LogP contribution in [0.5, 0.6) is 0 Å². The van der Waals surface area contributed by atoms with Crippen LogP contribution in [0.1, 0.15) is 26.7 Å². The maximum atomic E-state index is 6.43. The summed E-state index contributed by atoms with van der Waals surface area (Å²) in [6, 6.07) is 0.332. The van der Waals surface area contributed by atoms with Crippen molar-refractivity contribution in [1.29, 1.82) is 0 Å². The fourth-order valence-corrected chi connectivity index (χ4v) is 3.50. The van der Waals surface area contributed by atoms with Crippen LogP contribution in [0.2, 0.25) is 0 Å². The lowest BCUT2D eigenvalue weighted by molar-refractivity contribution is 0.520. The normalized spacial score (nSPS) is 31.4. The smallest absolute Gasteiger partial charge is 0.204 e. The van der Waals surface area contributed by atoms with Crippen molar-refractivity contribution < 1.29 is 0 Å². The quantitative estimate of drug-likeness (QED) is 0.850. The van der Waals surface area contributed by atoms with Crippen LogP contribution in [0.25, 0.3) is 0 Å². The molecule has 0 amide bonds. The zero-order valence-corrected chi connectivity index (χ0v) is 12.5. The second-order valence-corrected chi connectivity index (χ2v) is 6.56. The summed E-state index contributed by atoms with van der Waals surface area (Å²) in [7, 11) is 0. The Morgan fingerprint density at radius 1 is 1.40 bits per heavy atom. The predicted molar refractivity (Wildman–Crippen MR) is 86.5 cm³/mol. The Kier molecular flexibility index (Phi) is 3.55. The zero-order valence-electron chi connectivity index (χ0n) is 11.7. The Morgan fingerprint density at radius 2 is 2.25 bits per heavy atom. The first-order chi connectivity index (χ1) is 9.59. The Bertz CT molecular complexity index is 559. The van der Waals surface area contributed by atoms with Gasteiger partial charge in [-0.1, -0.05) is 13.8 Å². The summed E-state index contributed by atoms with van der Waals surface area (Å²) < 4.78 is 0. The number of nitrogens with two attached hydrogens (primary N) is 1. The van der Waals surface area contributed by atoms with Crippen molar-refractivity contribution in [2.75, 3.05) is 5.75 Å². The molecule has 0 bridgehead atoms. The maximum absolute atomic E-state index is 6.43. The van der Waals surface area contributed by atoms with Gasteiger partial charge in [-0.3, -0.25) is 10.7 Å². The lowest BCUT2D eigenvalue weighted by Gasteiger charge is -2.25. The predicted octanol–water partition coefficient (Wildman–Crippen LogP) is 1.51. The van der Waals surface area contributed by atoms with Crippen molar-refractivity contribution in [3.8, 4) is 0 Å². The van der Waals surface area contributed by atoms with Crippen LogP contribution in [0.4, 0.5) is 0 Å². The van der Waals surface area contributed by atoms with Crippen LogP contribution < -0.4 is 5.73 Å². The van der Waals surface area contributed by atoms with E-state index in [1.165, 1.54) is 19.1 Å². The monoisotopic (exact) mass is 290 g/mol. The van der Waals surface area contributed by atoms with Crippen LogP contribution in [-0.2, 0) is 0 Å². The van der Waals surface area contributed by atoms with Gasteiger partial charge in [0.05, 0.1) is 6.04 Å². The maximum Gasteiger partial charge on any atom is 0.204 e. The van der Waals surface area contributed by atoms with Crippen molar-refractivity contribution in [2.45, 2.75) is 38.4 Å². The molecule has 20 heavy (non-hydrogen) atoms.